The molecule has 0 aromatic carbocycles. The summed E-state index contributed by atoms with van der Waals surface area (Å²) in [5.74, 6) is -2.39. The maximum atomic E-state index is 12.4. The molecule has 0 aromatic heterocycles. The van der Waals surface area contributed by atoms with E-state index < -0.39 is 23.8 Å². The fourth-order valence-electron chi connectivity index (χ4n) is 3.01. The van der Waals surface area contributed by atoms with Gasteiger partial charge in [0.2, 0.25) is 17.7 Å². The quantitative estimate of drug-likeness (QED) is 0.701. The number of carbonyl (C=O) groups is 4. The van der Waals surface area contributed by atoms with Crippen molar-refractivity contribution in [2.75, 3.05) is 13.1 Å². The van der Waals surface area contributed by atoms with E-state index in [0.29, 0.717) is 12.8 Å². The number of carbonyl (C=O) groups excluding carboxylic acids is 3. The number of amides is 3. The zero-order valence-corrected chi connectivity index (χ0v) is 11.2. The fourth-order valence-corrected chi connectivity index (χ4v) is 3.01. The Balaban J connectivity index is 1.98. The van der Waals surface area contributed by atoms with E-state index in [0.717, 1.165) is 24.2 Å². The van der Waals surface area contributed by atoms with Gasteiger partial charge < -0.3 is 10.4 Å². The Bertz CT molecular complexity index is 454. The average molecular weight is 282 g/mol. The largest absolute Gasteiger partial charge is 0.480 e. The van der Waals surface area contributed by atoms with Crippen LogP contribution in [0.4, 0.5) is 0 Å². The highest BCUT2D eigenvalue weighted by Gasteiger charge is 2.51. The molecule has 3 amide bonds. The van der Waals surface area contributed by atoms with Crippen molar-refractivity contribution in [1.82, 2.24) is 10.2 Å². The van der Waals surface area contributed by atoms with E-state index in [1.807, 2.05) is 0 Å². The van der Waals surface area contributed by atoms with Crippen molar-refractivity contribution in [1.29, 1.82) is 0 Å². The first-order valence-corrected chi connectivity index (χ1v) is 6.78. The smallest absolute Gasteiger partial charge is 0.322 e. The lowest BCUT2D eigenvalue weighted by atomic mass is 9.73. The Morgan fingerprint density at radius 3 is 2.45 bits per heavy atom. The van der Waals surface area contributed by atoms with Gasteiger partial charge in [0.1, 0.15) is 13.1 Å². The van der Waals surface area contributed by atoms with Crippen LogP contribution in [-0.4, -0.2) is 46.8 Å². The molecule has 1 aliphatic heterocycles. The van der Waals surface area contributed by atoms with Crippen molar-refractivity contribution in [3.63, 3.8) is 0 Å². The van der Waals surface area contributed by atoms with Crippen molar-refractivity contribution in [2.24, 2.45) is 5.41 Å². The molecule has 0 atom stereocenters. The molecule has 2 aliphatic rings. The third kappa shape index (κ3) is 2.81. The summed E-state index contributed by atoms with van der Waals surface area (Å²) in [5.41, 5.74) is -0.609. The van der Waals surface area contributed by atoms with Gasteiger partial charge in [-0.05, 0) is 12.8 Å². The van der Waals surface area contributed by atoms with Crippen LogP contribution in [0.25, 0.3) is 0 Å². The van der Waals surface area contributed by atoms with Gasteiger partial charge in [-0.3, -0.25) is 24.1 Å². The van der Waals surface area contributed by atoms with Crippen LogP contribution in [0.1, 0.15) is 38.5 Å². The topological polar surface area (TPSA) is 104 Å². The molecule has 2 rings (SSSR count). The molecule has 0 aromatic rings. The number of aliphatic carboxylic acids is 1. The number of hydrogen-bond donors (Lipinski definition) is 2. The number of nitrogens with one attached hydrogen (secondary N) is 1. The Kier molecular flexibility index (Phi) is 4.06. The number of nitrogens with zero attached hydrogens (tertiary/aromatic N) is 1. The fraction of sp³-hybridized carbons (Fsp3) is 0.692. The summed E-state index contributed by atoms with van der Waals surface area (Å²) >= 11 is 0. The molecule has 0 bridgehead atoms. The number of hydrogen-bond acceptors (Lipinski definition) is 4. The molecule has 0 unspecified atom stereocenters. The molecule has 1 aliphatic carbocycles. The molecule has 7 nitrogen and oxygen atoms in total. The van der Waals surface area contributed by atoms with Gasteiger partial charge in [0, 0.05) is 6.42 Å². The number of rotatable bonds is 4. The SMILES string of the molecule is O=C(O)CNC(=O)CN1C(=O)CC2(CCCCC2)C1=O. The summed E-state index contributed by atoms with van der Waals surface area (Å²) in [4.78, 5) is 47.2. The number of imide groups is 1. The molecule has 0 radical (unpaired) electrons. The Morgan fingerprint density at radius 1 is 1.20 bits per heavy atom. The second-order valence-electron chi connectivity index (χ2n) is 5.47. The lowest BCUT2D eigenvalue weighted by Crippen LogP contribution is -2.44. The maximum Gasteiger partial charge on any atom is 0.322 e. The Morgan fingerprint density at radius 2 is 1.85 bits per heavy atom. The van der Waals surface area contributed by atoms with E-state index in [-0.39, 0.29) is 24.8 Å². The van der Waals surface area contributed by atoms with Gasteiger partial charge in [-0.25, -0.2) is 0 Å². The van der Waals surface area contributed by atoms with Crippen molar-refractivity contribution >= 4 is 23.7 Å². The van der Waals surface area contributed by atoms with E-state index >= 15 is 0 Å². The van der Waals surface area contributed by atoms with Crippen molar-refractivity contribution in [3.8, 4) is 0 Å². The molecule has 1 spiro atoms. The monoisotopic (exact) mass is 282 g/mol. The van der Waals surface area contributed by atoms with Gasteiger partial charge in [-0.1, -0.05) is 19.3 Å². The van der Waals surface area contributed by atoms with Crippen LogP contribution >= 0.6 is 0 Å². The van der Waals surface area contributed by atoms with Crippen LogP contribution in [0, 0.1) is 5.41 Å². The average Bonchev–Trinajstić information content (AvgIpc) is 2.62. The molecular formula is C13H18N2O5. The van der Waals surface area contributed by atoms with Crippen molar-refractivity contribution < 1.29 is 24.3 Å². The zero-order chi connectivity index (χ0) is 14.8. The van der Waals surface area contributed by atoms with E-state index in [9.17, 15) is 19.2 Å². The van der Waals surface area contributed by atoms with Gasteiger partial charge in [0.15, 0.2) is 0 Å². The Hall–Kier alpha value is -1.92. The molecule has 2 fully saturated rings. The van der Waals surface area contributed by atoms with Crippen LogP contribution in [0.5, 0.6) is 0 Å². The summed E-state index contributed by atoms with van der Waals surface area (Å²) in [5, 5.41) is 10.6. The van der Waals surface area contributed by atoms with Crippen molar-refractivity contribution in [3.05, 3.63) is 0 Å². The van der Waals surface area contributed by atoms with E-state index in [4.69, 9.17) is 5.11 Å². The number of carboxylic acid groups (broad SMARTS) is 1. The molecule has 1 saturated carbocycles. The summed E-state index contributed by atoms with van der Waals surface area (Å²) in [6.45, 7) is -0.896. The highest BCUT2D eigenvalue weighted by molar-refractivity contribution is 6.08. The van der Waals surface area contributed by atoms with Gasteiger partial charge in [0.05, 0.1) is 5.41 Å². The normalized spacial score (nSPS) is 21.3. The Labute approximate surface area is 116 Å². The third-order valence-corrected chi connectivity index (χ3v) is 4.04. The number of likely N-dealkylation sites (tertiary alicyclic amines) is 1. The molecule has 20 heavy (non-hydrogen) atoms. The lowest BCUT2D eigenvalue weighted by Gasteiger charge is -2.30. The van der Waals surface area contributed by atoms with E-state index in [1.165, 1.54) is 0 Å². The van der Waals surface area contributed by atoms with Crippen LogP contribution in [0.2, 0.25) is 0 Å². The first kappa shape index (κ1) is 14.5. The van der Waals surface area contributed by atoms with Gasteiger partial charge in [-0.15, -0.1) is 0 Å². The van der Waals surface area contributed by atoms with E-state index in [1.54, 1.807) is 0 Å². The minimum absolute atomic E-state index is 0.179. The minimum atomic E-state index is -1.17. The standard InChI is InChI=1S/C13H18N2O5/c16-9(14-7-11(18)19)8-15-10(17)6-13(12(15)20)4-2-1-3-5-13/h1-8H2,(H,14,16)(H,18,19). The highest BCUT2D eigenvalue weighted by atomic mass is 16.4. The van der Waals surface area contributed by atoms with Gasteiger partial charge >= 0.3 is 5.97 Å². The maximum absolute atomic E-state index is 12.4. The summed E-state index contributed by atoms with van der Waals surface area (Å²) in [7, 11) is 0. The van der Waals surface area contributed by atoms with Crippen LogP contribution in [0.15, 0.2) is 0 Å². The van der Waals surface area contributed by atoms with Crippen LogP contribution < -0.4 is 5.32 Å². The molecular weight excluding hydrogens is 264 g/mol. The second kappa shape index (κ2) is 5.60. The summed E-state index contributed by atoms with van der Waals surface area (Å²) < 4.78 is 0. The summed E-state index contributed by atoms with van der Waals surface area (Å²) in [6, 6.07) is 0. The molecule has 110 valence electrons. The highest BCUT2D eigenvalue weighted by Crippen LogP contribution is 2.45. The predicted molar refractivity (Wildman–Crippen MR) is 67.5 cm³/mol. The van der Waals surface area contributed by atoms with Crippen LogP contribution in [0.3, 0.4) is 0 Å². The second-order valence-corrected chi connectivity index (χ2v) is 5.47. The van der Waals surface area contributed by atoms with E-state index in [2.05, 4.69) is 5.32 Å². The zero-order valence-electron chi connectivity index (χ0n) is 11.2. The third-order valence-electron chi connectivity index (χ3n) is 4.04. The summed E-state index contributed by atoms with van der Waals surface area (Å²) in [6.07, 6.45) is 4.51. The lowest BCUT2D eigenvalue weighted by molar-refractivity contribution is -0.145. The van der Waals surface area contributed by atoms with Crippen LogP contribution in [-0.2, 0) is 19.2 Å². The molecule has 7 heteroatoms. The molecule has 1 heterocycles. The van der Waals surface area contributed by atoms with Gasteiger partial charge in [0.25, 0.3) is 0 Å². The number of carboxylic acids is 1. The van der Waals surface area contributed by atoms with Gasteiger partial charge in [-0.2, -0.15) is 0 Å². The molecule has 2 N–H and O–H groups in total. The first-order chi connectivity index (χ1) is 9.44. The van der Waals surface area contributed by atoms with Crippen molar-refractivity contribution in [2.45, 2.75) is 38.5 Å². The predicted octanol–water partition coefficient (Wildman–Crippen LogP) is -0.103. The first-order valence-electron chi connectivity index (χ1n) is 6.78. The molecule has 1 saturated heterocycles. The minimum Gasteiger partial charge on any atom is -0.480 e.